The third-order valence-electron chi connectivity index (χ3n) is 2.97. The van der Waals surface area contributed by atoms with Crippen molar-refractivity contribution in [3.8, 4) is 0 Å². The highest BCUT2D eigenvalue weighted by Crippen LogP contribution is 2.19. The molecule has 0 saturated heterocycles. The number of hydrogen-bond donors (Lipinski definition) is 1. The standard InChI is InChI=1S/C13H11N3O2S/c1-8-4-5-19-11(8)7-16-12-9(6-14-16)2-3-10(15-12)13(17)18/h2-6H,7H2,1H3,(H,17,18). The largest absolute Gasteiger partial charge is 0.477 e. The predicted molar refractivity (Wildman–Crippen MR) is 72.6 cm³/mol. The molecule has 0 saturated carbocycles. The van der Waals surface area contributed by atoms with Crippen LogP contribution in [0, 0.1) is 6.92 Å². The lowest BCUT2D eigenvalue weighted by atomic mass is 10.3. The highest BCUT2D eigenvalue weighted by Gasteiger charge is 2.11. The predicted octanol–water partition coefficient (Wildman–Crippen LogP) is 2.55. The Kier molecular flexibility index (Phi) is 2.79. The number of thiophene rings is 1. The van der Waals surface area contributed by atoms with Crippen molar-refractivity contribution in [2.75, 3.05) is 0 Å². The first-order valence-corrected chi connectivity index (χ1v) is 6.62. The Morgan fingerprint density at radius 3 is 2.95 bits per heavy atom. The molecule has 3 aromatic rings. The van der Waals surface area contributed by atoms with Crippen molar-refractivity contribution in [2.45, 2.75) is 13.5 Å². The average molecular weight is 273 g/mol. The quantitative estimate of drug-likeness (QED) is 0.796. The molecule has 0 amide bonds. The summed E-state index contributed by atoms with van der Waals surface area (Å²) in [6.07, 6.45) is 1.71. The van der Waals surface area contributed by atoms with Gasteiger partial charge in [0.2, 0.25) is 0 Å². The van der Waals surface area contributed by atoms with Crippen molar-refractivity contribution in [1.29, 1.82) is 0 Å². The van der Waals surface area contributed by atoms with Crippen LogP contribution in [-0.2, 0) is 6.54 Å². The number of rotatable bonds is 3. The molecule has 0 aliphatic carbocycles. The van der Waals surface area contributed by atoms with E-state index in [9.17, 15) is 4.79 Å². The van der Waals surface area contributed by atoms with E-state index in [1.807, 2.05) is 12.3 Å². The zero-order valence-corrected chi connectivity index (χ0v) is 11.0. The second-order valence-corrected chi connectivity index (χ2v) is 5.24. The first-order valence-electron chi connectivity index (χ1n) is 5.74. The number of fused-ring (bicyclic) bond motifs is 1. The first-order chi connectivity index (χ1) is 9.15. The number of hydrogen-bond acceptors (Lipinski definition) is 4. The highest BCUT2D eigenvalue weighted by molar-refractivity contribution is 7.10. The molecule has 5 nitrogen and oxygen atoms in total. The molecule has 0 fully saturated rings. The van der Waals surface area contributed by atoms with Crippen LogP contribution in [-0.4, -0.2) is 25.8 Å². The summed E-state index contributed by atoms with van der Waals surface area (Å²) in [6, 6.07) is 5.28. The van der Waals surface area contributed by atoms with Crippen LogP contribution in [0.5, 0.6) is 0 Å². The number of aromatic nitrogens is 3. The third kappa shape index (κ3) is 2.10. The highest BCUT2D eigenvalue weighted by atomic mass is 32.1. The molecular weight excluding hydrogens is 262 g/mol. The summed E-state index contributed by atoms with van der Waals surface area (Å²) in [5, 5.41) is 16.1. The molecule has 6 heteroatoms. The van der Waals surface area contributed by atoms with Gasteiger partial charge in [-0.2, -0.15) is 5.10 Å². The smallest absolute Gasteiger partial charge is 0.354 e. The van der Waals surface area contributed by atoms with Crippen LogP contribution < -0.4 is 0 Å². The second-order valence-electron chi connectivity index (χ2n) is 4.24. The van der Waals surface area contributed by atoms with Crippen molar-refractivity contribution in [2.24, 2.45) is 0 Å². The van der Waals surface area contributed by atoms with Gasteiger partial charge in [0, 0.05) is 10.3 Å². The second kappa shape index (κ2) is 4.47. The van der Waals surface area contributed by atoms with Gasteiger partial charge in [-0.25, -0.2) is 14.5 Å². The third-order valence-corrected chi connectivity index (χ3v) is 3.97. The van der Waals surface area contributed by atoms with E-state index in [0.717, 1.165) is 5.39 Å². The fraction of sp³-hybridized carbons (Fsp3) is 0.154. The minimum atomic E-state index is -1.03. The van der Waals surface area contributed by atoms with Gasteiger partial charge in [0.25, 0.3) is 0 Å². The Balaban J connectivity index is 2.06. The number of aromatic carboxylic acids is 1. The summed E-state index contributed by atoms with van der Waals surface area (Å²) in [5.41, 5.74) is 1.85. The molecule has 3 heterocycles. The Morgan fingerprint density at radius 2 is 2.26 bits per heavy atom. The van der Waals surface area contributed by atoms with Crippen molar-refractivity contribution in [3.63, 3.8) is 0 Å². The maximum atomic E-state index is 11.0. The minimum absolute atomic E-state index is 0.0390. The van der Waals surface area contributed by atoms with Gasteiger partial charge in [-0.1, -0.05) is 0 Å². The van der Waals surface area contributed by atoms with Gasteiger partial charge < -0.3 is 5.11 Å². The fourth-order valence-electron chi connectivity index (χ4n) is 1.89. The molecule has 0 unspecified atom stereocenters. The molecule has 1 N–H and O–H groups in total. The molecule has 0 atom stereocenters. The van der Waals surface area contributed by atoms with Gasteiger partial charge in [0.15, 0.2) is 11.3 Å². The lowest BCUT2D eigenvalue weighted by Crippen LogP contribution is -2.05. The maximum absolute atomic E-state index is 11.0. The van der Waals surface area contributed by atoms with Crippen LogP contribution in [0.25, 0.3) is 11.0 Å². The maximum Gasteiger partial charge on any atom is 0.354 e. The molecule has 0 radical (unpaired) electrons. The van der Waals surface area contributed by atoms with Crippen LogP contribution in [0.2, 0.25) is 0 Å². The van der Waals surface area contributed by atoms with E-state index in [1.165, 1.54) is 16.5 Å². The van der Waals surface area contributed by atoms with E-state index < -0.39 is 5.97 Å². The molecule has 3 aromatic heterocycles. The number of carboxylic acid groups (broad SMARTS) is 1. The summed E-state index contributed by atoms with van der Waals surface area (Å²) in [4.78, 5) is 16.3. The Hall–Kier alpha value is -2.21. The van der Waals surface area contributed by atoms with E-state index in [-0.39, 0.29) is 5.69 Å². The van der Waals surface area contributed by atoms with Crippen molar-refractivity contribution >= 4 is 28.3 Å². The van der Waals surface area contributed by atoms with Crippen LogP contribution in [0.15, 0.2) is 29.8 Å². The molecule has 0 aliphatic heterocycles. The number of aryl methyl sites for hydroxylation is 1. The van der Waals surface area contributed by atoms with Crippen LogP contribution in [0.1, 0.15) is 20.9 Å². The van der Waals surface area contributed by atoms with Crippen LogP contribution in [0.4, 0.5) is 0 Å². The lowest BCUT2D eigenvalue weighted by Gasteiger charge is -2.03. The summed E-state index contributed by atoms with van der Waals surface area (Å²) >= 11 is 1.66. The number of pyridine rings is 1. The molecule has 0 aromatic carbocycles. The van der Waals surface area contributed by atoms with Gasteiger partial charge in [0.1, 0.15) is 0 Å². The molecule has 0 aliphatic rings. The first kappa shape index (κ1) is 11.9. The molecule has 0 bridgehead atoms. The molecule has 19 heavy (non-hydrogen) atoms. The van der Waals surface area contributed by atoms with Gasteiger partial charge in [-0.05, 0) is 36.1 Å². The van der Waals surface area contributed by atoms with E-state index in [1.54, 1.807) is 28.3 Å². The van der Waals surface area contributed by atoms with E-state index in [2.05, 4.69) is 16.1 Å². The zero-order chi connectivity index (χ0) is 13.4. The summed E-state index contributed by atoms with van der Waals surface area (Å²) < 4.78 is 1.74. The van der Waals surface area contributed by atoms with Crippen molar-refractivity contribution in [3.05, 3.63) is 45.9 Å². The number of nitrogens with zero attached hydrogens (tertiary/aromatic N) is 3. The molecule has 3 rings (SSSR count). The summed E-state index contributed by atoms with van der Waals surface area (Å²) in [6.45, 7) is 2.66. The molecule has 0 spiro atoms. The normalized spacial score (nSPS) is 11.0. The van der Waals surface area contributed by atoms with Gasteiger partial charge in [0.05, 0.1) is 12.7 Å². The Labute approximate surface area is 113 Å². The number of carboxylic acids is 1. The van der Waals surface area contributed by atoms with Crippen LogP contribution >= 0.6 is 11.3 Å². The topological polar surface area (TPSA) is 68.0 Å². The zero-order valence-electron chi connectivity index (χ0n) is 10.2. The summed E-state index contributed by atoms with van der Waals surface area (Å²) in [7, 11) is 0. The van der Waals surface area contributed by atoms with Gasteiger partial charge >= 0.3 is 5.97 Å². The van der Waals surface area contributed by atoms with E-state index in [4.69, 9.17) is 5.11 Å². The Bertz CT molecular complexity index is 760. The summed E-state index contributed by atoms with van der Waals surface area (Å²) in [5.74, 6) is -1.03. The van der Waals surface area contributed by atoms with Gasteiger partial charge in [-0.3, -0.25) is 0 Å². The van der Waals surface area contributed by atoms with Crippen molar-refractivity contribution in [1.82, 2.24) is 14.8 Å². The number of carbonyl (C=O) groups is 1. The van der Waals surface area contributed by atoms with Gasteiger partial charge in [-0.15, -0.1) is 11.3 Å². The Morgan fingerprint density at radius 1 is 1.42 bits per heavy atom. The fourth-order valence-corrected chi connectivity index (χ4v) is 2.78. The minimum Gasteiger partial charge on any atom is -0.477 e. The van der Waals surface area contributed by atoms with Crippen LogP contribution in [0.3, 0.4) is 0 Å². The van der Waals surface area contributed by atoms with E-state index >= 15 is 0 Å². The average Bonchev–Trinajstić information content (AvgIpc) is 2.97. The van der Waals surface area contributed by atoms with Crippen molar-refractivity contribution < 1.29 is 9.90 Å². The molecular formula is C13H11N3O2S. The van der Waals surface area contributed by atoms with E-state index in [0.29, 0.717) is 12.2 Å². The molecule has 96 valence electrons. The SMILES string of the molecule is Cc1ccsc1Cn1ncc2ccc(C(=O)O)nc21. The lowest BCUT2D eigenvalue weighted by molar-refractivity contribution is 0.0691. The monoisotopic (exact) mass is 273 g/mol.